The zero-order valence-corrected chi connectivity index (χ0v) is 13.0. The number of hydrogen-bond acceptors (Lipinski definition) is 2. The molecule has 0 bridgehead atoms. The highest BCUT2D eigenvalue weighted by atomic mass is 16.3. The molecule has 0 spiro atoms. The normalized spacial score (nSPS) is 10.8. The summed E-state index contributed by atoms with van der Waals surface area (Å²) in [7, 11) is 0. The Bertz CT molecular complexity index is 969. The lowest BCUT2D eigenvalue weighted by molar-refractivity contribution is 0.102. The first kappa shape index (κ1) is 14.3. The molecule has 0 saturated heterocycles. The van der Waals surface area contributed by atoms with E-state index >= 15 is 0 Å². The van der Waals surface area contributed by atoms with Crippen LogP contribution in [0.2, 0.25) is 0 Å². The molecule has 0 unspecified atom stereocenters. The van der Waals surface area contributed by atoms with Gasteiger partial charge in [-0.1, -0.05) is 48.5 Å². The van der Waals surface area contributed by atoms with Crippen LogP contribution < -0.4 is 5.32 Å². The topological polar surface area (TPSA) is 47.2 Å². The van der Waals surface area contributed by atoms with Crippen LogP contribution >= 0.6 is 0 Å². The third kappa shape index (κ3) is 2.70. The first-order valence-electron chi connectivity index (χ1n) is 7.76. The van der Waals surface area contributed by atoms with Crippen molar-refractivity contribution in [3.8, 4) is 0 Å². The maximum absolute atomic E-state index is 12.3. The monoisotopic (exact) mass is 316 g/mol. The number of carbonyl (C=O) groups excluding carboxylic acids is 1. The molecule has 24 heavy (non-hydrogen) atoms. The molecule has 4 rings (SSSR count). The number of hydrogen-bond donors (Lipinski definition) is 1. The number of furan rings is 1. The van der Waals surface area contributed by atoms with Crippen LogP contribution in [0.25, 0.3) is 10.9 Å². The Labute approximate surface area is 139 Å². The Kier molecular flexibility index (Phi) is 3.63. The van der Waals surface area contributed by atoms with E-state index in [-0.39, 0.29) is 5.91 Å². The average Bonchev–Trinajstić information content (AvgIpc) is 3.26. The van der Waals surface area contributed by atoms with Crippen LogP contribution in [0, 0.1) is 0 Å². The number of amides is 1. The van der Waals surface area contributed by atoms with Crippen molar-refractivity contribution in [3.63, 3.8) is 0 Å². The summed E-state index contributed by atoms with van der Waals surface area (Å²) in [5, 5.41) is 3.99. The van der Waals surface area contributed by atoms with Gasteiger partial charge in [-0.25, -0.2) is 0 Å². The van der Waals surface area contributed by atoms with E-state index in [0.717, 1.165) is 23.1 Å². The second-order valence-corrected chi connectivity index (χ2v) is 5.64. The van der Waals surface area contributed by atoms with E-state index in [1.807, 2.05) is 42.6 Å². The van der Waals surface area contributed by atoms with Crippen LogP contribution in [0.3, 0.4) is 0 Å². The third-order valence-corrected chi connectivity index (χ3v) is 4.02. The highest BCUT2D eigenvalue weighted by Crippen LogP contribution is 2.27. The van der Waals surface area contributed by atoms with Crippen LogP contribution in [-0.4, -0.2) is 10.5 Å². The molecule has 0 saturated carbocycles. The van der Waals surface area contributed by atoms with Crippen molar-refractivity contribution >= 4 is 22.5 Å². The first-order valence-corrected chi connectivity index (χ1v) is 7.76. The lowest BCUT2D eigenvalue weighted by Gasteiger charge is -2.05. The molecule has 4 nitrogen and oxygen atoms in total. The van der Waals surface area contributed by atoms with Crippen molar-refractivity contribution < 1.29 is 9.21 Å². The summed E-state index contributed by atoms with van der Waals surface area (Å²) in [5.41, 5.74) is 3.61. The van der Waals surface area contributed by atoms with E-state index in [2.05, 4.69) is 28.1 Å². The van der Waals surface area contributed by atoms with Crippen LogP contribution in [0.1, 0.15) is 15.9 Å². The SMILES string of the molecule is O=C(Nc1cn(Cc2ccccc2)c2ccccc12)c1ccoc1. The van der Waals surface area contributed by atoms with Crippen molar-refractivity contribution in [1.29, 1.82) is 0 Å². The maximum Gasteiger partial charge on any atom is 0.258 e. The quantitative estimate of drug-likeness (QED) is 0.601. The number of nitrogens with one attached hydrogen (secondary N) is 1. The zero-order chi connectivity index (χ0) is 16.4. The van der Waals surface area contributed by atoms with Gasteiger partial charge in [0.05, 0.1) is 23.0 Å². The van der Waals surface area contributed by atoms with Gasteiger partial charge in [-0.05, 0) is 17.7 Å². The van der Waals surface area contributed by atoms with Gasteiger partial charge in [0.1, 0.15) is 6.26 Å². The smallest absolute Gasteiger partial charge is 0.258 e. The van der Waals surface area contributed by atoms with E-state index in [0.29, 0.717) is 5.56 Å². The highest BCUT2D eigenvalue weighted by molar-refractivity contribution is 6.08. The molecule has 0 atom stereocenters. The van der Waals surface area contributed by atoms with Crippen LogP contribution in [0.5, 0.6) is 0 Å². The molecule has 118 valence electrons. The minimum absolute atomic E-state index is 0.175. The summed E-state index contributed by atoms with van der Waals surface area (Å²) in [6, 6.07) is 20.0. The van der Waals surface area contributed by atoms with Gasteiger partial charge in [-0.15, -0.1) is 0 Å². The fourth-order valence-corrected chi connectivity index (χ4v) is 2.85. The summed E-state index contributed by atoms with van der Waals surface area (Å²) in [6.07, 6.45) is 4.92. The Morgan fingerprint density at radius 2 is 1.79 bits per heavy atom. The first-order chi connectivity index (χ1) is 11.8. The summed E-state index contributed by atoms with van der Waals surface area (Å²) in [6.45, 7) is 0.753. The number of para-hydroxylation sites is 1. The minimum Gasteiger partial charge on any atom is -0.472 e. The fraction of sp³-hybridized carbons (Fsp3) is 0.0500. The van der Waals surface area contributed by atoms with Crippen LogP contribution in [-0.2, 0) is 6.54 Å². The molecule has 0 radical (unpaired) electrons. The van der Waals surface area contributed by atoms with Crippen molar-refractivity contribution in [2.24, 2.45) is 0 Å². The summed E-state index contributed by atoms with van der Waals surface area (Å²) in [4.78, 5) is 12.3. The van der Waals surface area contributed by atoms with Gasteiger partial charge < -0.3 is 14.3 Å². The summed E-state index contributed by atoms with van der Waals surface area (Å²) >= 11 is 0. The molecule has 4 heteroatoms. The second kappa shape index (κ2) is 6.08. The number of rotatable bonds is 4. The minimum atomic E-state index is -0.175. The molecule has 4 aromatic rings. The van der Waals surface area contributed by atoms with Gasteiger partial charge in [0.15, 0.2) is 0 Å². The zero-order valence-electron chi connectivity index (χ0n) is 13.0. The van der Waals surface area contributed by atoms with Crippen LogP contribution in [0.4, 0.5) is 5.69 Å². The number of benzene rings is 2. The molecule has 0 aliphatic heterocycles. The Morgan fingerprint density at radius 3 is 2.58 bits per heavy atom. The number of nitrogens with zero attached hydrogens (tertiary/aromatic N) is 1. The molecule has 2 heterocycles. The lowest BCUT2D eigenvalue weighted by atomic mass is 10.2. The van der Waals surface area contributed by atoms with E-state index in [1.54, 1.807) is 6.07 Å². The van der Waals surface area contributed by atoms with Crippen molar-refractivity contribution in [3.05, 3.63) is 90.5 Å². The molecule has 1 N–H and O–H groups in total. The molecule has 2 aromatic carbocycles. The standard InChI is InChI=1S/C20H16N2O2/c23-20(16-10-11-24-14-16)21-18-13-22(12-15-6-2-1-3-7-15)19-9-5-4-8-17(18)19/h1-11,13-14H,12H2,(H,21,23). The van der Waals surface area contributed by atoms with E-state index < -0.39 is 0 Å². The maximum atomic E-state index is 12.3. The fourth-order valence-electron chi connectivity index (χ4n) is 2.85. The van der Waals surface area contributed by atoms with Crippen molar-refractivity contribution in [1.82, 2.24) is 4.57 Å². The number of anilines is 1. The highest BCUT2D eigenvalue weighted by Gasteiger charge is 2.13. The van der Waals surface area contributed by atoms with Gasteiger partial charge >= 0.3 is 0 Å². The average molecular weight is 316 g/mol. The van der Waals surface area contributed by atoms with Gasteiger partial charge in [-0.2, -0.15) is 0 Å². The molecule has 0 aliphatic rings. The van der Waals surface area contributed by atoms with Gasteiger partial charge in [0.2, 0.25) is 0 Å². The number of aromatic nitrogens is 1. The second-order valence-electron chi connectivity index (χ2n) is 5.64. The third-order valence-electron chi connectivity index (χ3n) is 4.02. The summed E-state index contributed by atoms with van der Waals surface area (Å²) < 4.78 is 7.13. The Balaban J connectivity index is 1.70. The van der Waals surface area contributed by atoms with E-state index in [1.165, 1.54) is 18.1 Å². The number of carbonyl (C=O) groups is 1. The predicted octanol–water partition coefficient (Wildman–Crippen LogP) is 4.53. The molecule has 0 aliphatic carbocycles. The van der Waals surface area contributed by atoms with Crippen LogP contribution in [0.15, 0.2) is 83.8 Å². The van der Waals surface area contributed by atoms with E-state index in [9.17, 15) is 4.79 Å². The predicted molar refractivity (Wildman–Crippen MR) is 94.1 cm³/mol. The molecule has 2 aromatic heterocycles. The van der Waals surface area contributed by atoms with Gasteiger partial charge in [0.25, 0.3) is 5.91 Å². The van der Waals surface area contributed by atoms with Crippen molar-refractivity contribution in [2.45, 2.75) is 6.54 Å². The van der Waals surface area contributed by atoms with E-state index in [4.69, 9.17) is 4.42 Å². The molecular formula is C20H16N2O2. The van der Waals surface area contributed by atoms with Crippen molar-refractivity contribution in [2.75, 3.05) is 5.32 Å². The Hall–Kier alpha value is -3.27. The molecule has 1 amide bonds. The van der Waals surface area contributed by atoms with Gasteiger partial charge in [-0.3, -0.25) is 4.79 Å². The summed E-state index contributed by atoms with van der Waals surface area (Å²) in [5.74, 6) is -0.175. The number of fused-ring (bicyclic) bond motifs is 1. The Morgan fingerprint density at radius 1 is 1.00 bits per heavy atom. The molecule has 0 fully saturated rings. The molecular weight excluding hydrogens is 300 g/mol. The van der Waals surface area contributed by atoms with Gasteiger partial charge in [0, 0.05) is 18.1 Å². The lowest BCUT2D eigenvalue weighted by Crippen LogP contribution is -2.10. The largest absolute Gasteiger partial charge is 0.472 e.